The lowest BCUT2D eigenvalue weighted by atomic mass is 10.3. The highest BCUT2D eigenvalue weighted by atomic mass is 32.2. The average molecular weight is 427 g/mol. The van der Waals surface area contributed by atoms with Crippen molar-refractivity contribution in [1.82, 2.24) is 14.4 Å². The van der Waals surface area contributed by atoms with Gasteiger partial charge in [-0.2, -0.15) is 4.31 Å². The highest BCUT2D eigenvalue weighted by Crippen LogP contribution is 2.29. The minimum Gasteiger partial charge on any atom is -0.360 e. The highest BCUT2D eigenvalue weighted by Gasteiger charge is 2.36. The van der Waals surface area contributed by atoms with Crippen LogP contribution in [0.4, 0.5) is 15.9 Å². The first-order valence-corrected chi connectivity index (χ1v) is 10.0. The van der Waals surface area contributed by atoms with Gasteiger partial charge in [0.15, 0.2) is 10.7 Å². The molecule has 13 heteroatoms. The molecule has 1 aliphatic heterocycles. The van der Waals surface area contributed by atoms with E-state index in [1.54, 1.807) is 17.9 Å². The number of amides is 1. The van der Waals surface area contributed by atoms with E-state index in [0.29, 0.717) is 5.76 Å². The molecule has 156 valence electrons. The fraction of sp³-hybridized carbons (Fsp3) is 0.375. The van der Waals surface area contributed by atoms with Crippen molar-refractivity contribution >= 4 is 27.4 Å². The molecule has 0 radical (unpaired) electrons. The molecule has 29 heavy (non-hydrogen) atoms. The second-order valence-electron chi connectivity index (χ2n) is 6.40. The lowest BCUT2D eigenvalue weighted by Gasteiger charge is -2.33. The van der Waals surface area contributed by atoms with Crippen LogP contribution in [0.5, 0.6) is 0 Å². The number of halogens is 1. The lowest BCUT2D eigenvalue weighted by Crippen LogP contribution is -2.50. The van der Waals surface area contributed by atoms with Gasteiger partial charge >= 0.3 is 0 Å². The SMILES string of the molecule is Cc1cc(NC(=O)CN2CCN(S(=O)(=O)c3c(F)cccc3[N+](=O)[O-])CC2)no1. The fourth-order valence-electron chi connectivity index (χ4n) is 2.96. The molecule has 1 N–H and O–H groups in total. The van der Waals surface area contributed by atoms with Crippen LogP contribution in [0, 0.1) is 22.9 Å². The molecule has 1 fully saturated rings. The number of hydrogen-bond donors (Lipinski definition) is 1. The normalized spacial score (nSPS) is 15.9. The first kappa shape index (κ1) is 20.8. The monoisotopic (exact) mass is 427 g/mol. The number of carbonyl (C=O) groups excluding carboxylic acids is 1. The third kappa shape index (κ3) is 4.58. The Balaban J connectivity index is 1.64. The minimum absolute atomic E-state index is 0.000356. The predicted octanol–water partition coefficient (Wildman–Crippen LogP) is 0.975. The summed E-state index contributed by atoms with van der Waals surface area (Å²) in [5, 5.41) is 17.3. The molecule has 1 aromatic carbocycles. The molecule has 0 aliphatic carbocycles. The topological polar surface area (TPSA) is 139 Å². The molecule has 0 unspecified atom stereocenters. The summed E-state index contributed by atoms with van der Waals surface area (Å²) in [5.74, 6) is -0.704. The highest BCUT2D eigenvalue weighted by molar-refractivity contribution is 7.89. The zero-order valence-electron chi connectivity index (χ0n) is 15.4. The number of aryl methyl sites for hydroxylation is 1. The quantitative estimate of drug-likeness (QED) is 0.532. The van der Waals surface area contributed by atoms with Crippen molar-refractivity contribution in [2.75, 3.05) is 38.0 Å². The van der Waals surface area contributed by atoms with Crippen LogP contribution in [0.25, 0.3) is 0 Å². The van der Waals surface area contributed by atoms with Gasteiger partial charge in [-0.05, 0) is 13.0 Å². The van der Waals surface area contributed by atoms with Crippen LogP contribution in [0.3, 0.4) is 0 Å². The van der Waals surface area contributed by atoms with Crippen molar-refractivity contribution in [3.05, 3.63) is 46.0 Å². The molecule has 11 nitrogen and oxygen atoms in total. The third-order valence-electron chi connectivity index (χ3n) is 4.33. The maximum Gasteiger partial charge on any atom is 0.292 e. The van der Waals surface area contributed by atoms with Gasteiger partial charge < -0.3 is 9.84 Å². The zero-order valence-corrected chi connectivity index (χ0v) is 16.2. The number of piperazine rings is 1. The molecule has 3 rings (SSSR count). The Morgan fingerprint density at radius 1 is 1.34 bits per heavy atom. The van der Waals surface area contributed by atoms with E-state index in [1.165, 1.54) is 0 Å². The molecular weight excluding hydrogens is 409 g/mol. The molecule has 1 amide bonds. The van der Waals surface area contributed by atoms with E-state index < -0.39 is 31.3 Å². The second-order valence-corrected chi connectivity index (χ2v) is 8.27. The van der Waals surface area contributed by atoms with Gasteiger partial charge in [0, 0.05) is 38.3 Å². The molecular formula is C16H18FN5O6S. The van der Waals surface area contributed by atoms with Crippen LogP contribution in [0.2, 0.25) is 0 Å². The standard InChI is InChI=1S/C16H18FN5O6S/c1-11-9-14(19-28-11)18-15(23)10-20-5-7-21(8-6-20)29(26,27)16-12(17)3-2-4-13(16)22(24)25/h2-4,9H,5-8,10H2,1H3,(H,18,19,23). The summed E-state index contributed by atoms with van der Waals surface area (Å²) in [6.07, 6.45) is 0. The van der Waals surface area contributed by atoms with E-state index in [0.717, 1.165) is 22.5 Å². The molecule has 2 aromatic rings. The summed E-state index contributed by atoms with van der Waals surface area (Å²) in [6.45, 7) is 2.01. The Hall–Kier alpha value is -2.90. The summed E-state index contributed by atoms with van der Waals surface area (Å²) < 4.78 is 45.5. The molecule has 2 heterocycles. The van der Waals surface area contributed by atoms with E-state index in [2.05, 4.69) is 10.5 Å². The number of aromatic nitrogens is 1. The van der Waals surface area contributed by atoms with Gasteiger partial charge in [0.05, 0.1) is 11.5 Å². The Bertz CT molecular complexity index is 1030. The van der Waals surface area contributed by atoms with Crippen LogP contribution in [-0.2, 0) is 14.8 Å². The largest absolute Gasteiger partial charge is 0.360 e. The molecule has 1 aliphatic rings. The smallest absolute Gasteiger partial charge is 0.292 e. The molecule has 1 aromatic heterocycles. The maximum absolute atomic E-state index is 14.1. The summed E-state index contributed by atoms with van der Waals surface area (Å²) in [7, 11) is -4.40. The van der Waals surface area contributed by atoms with Crippen LogP contribution in [0.1, 0.15) is 5.76 Å². The maximum atomic E-state index is 14.1. The Labute approximate surface area is 165 Å². The second kappa shape index (κ2) is 8.23. The number of nitrogens with zero attached hydrogens (tertiary/aromatic N) is 4. The summed E-state index contributed by atoms with van der Waals surface area (Å²) in [6, 6.07) is 4.46. The number of nitrogens with one attached hydrogen (secondary N) is 1. The van der Waals surface area contributed by atoms with Crippen LogP contribution in [0.15, 0.2) is 33.7 Å². The summed E-state index contributed by atoms with van der Waals surface area (Å²) >= 11 is 0. The van der Waals surface area contributed by atoms with Crippen LogP contribution >= 0.6 is 0 Å². The number of carbonyl (C=O) groups is 1. The minimum atomic E-state index is -4.40. The molecule has 0 spiro atoms. The number of hydrogen-bond acceptors (Lipinski definition) is 8. The fourth-order valence-corrected chi connectivity index (χ4v) is 4.59. The predicted molar refractivity (Wildman–Crippen MR) is 98.1 cm³/mol. The number of nitro benzene ring substituents is 1. The van der Waals surface area contributed by atoms with Crippen molar-refractivity contribution in [3.8, 4) is 0 Å². The average Bonchev–Trinajstić information content (AvgIpc) is 3.06. The molecule has 0 atom stereocenters. The molecule has 0 saturated carbocycles. The van der Waals surface area contributed by atoms with Crippen molar-refractivity contribution in [1.29, 1.82) is 0 Å². The number of sulfonamides is 1. The van der Waals surface area contributed by atoms with E-state index in [4.69, 9.17) is 4.52 Å². The molecule has 0 bridgehead atoms. The number of nitro groups is 1. The number of benzene rings is 1. The van der Waals surface area contributed by atoms with Crippen molar-refractivity contribution in [2.24, 2.45) is 0 Å². The van der Waals surface area contributed by atoms with Crippen LogP contribution in [-0.4, -0.2) is 66.3 Å². The molecule has 1 saturated heterocycles. The summed E-state index contributed by atoms with van der Waals surface area (Å²) in [5.41, 5.74) is -0.810. The number of rotatable bonds is 6. The first-order valence-electron chi connectivity index (χ1n) is 8.57. The lowest BCUT2D eigenvalue weighted by molar-refractivity contribution is -0.388. The third-order valence-corrected chi connectivity index (χ3v) is 6.30. The number of anilines is 1. The van der Waals surface area contributed by atoms with Crippen molar-refractivity contribution in [2.45, 2.75) is 11.8 Å². The van der Waals surface area contributed by atoms with Gasteiger partial charge in [-0.15, -0.1) is 0 Å². The van der Waals surface area contributed by atoms with Gasteiger partial charge in [-0.3, -0.25) is 19.8 Å². The van der Waals surface area contributed by atoms with E-state index >= 15 is 0 Å². The van der Waals surface area contributed by atoms with E-state index in [1.807, 2.05) is 0 Å². The van der Waals surface area contributed by atoms with E-state index in [9.17, 15) is 27.7 Å². The Kier molecular flexibility index (Phi) is 5.91. The van der Waals surface area contributed by atoms with E-state index in [-0.39, 0.29) is 44.4 Å². The van der Waals surface area contributed by atoms with Gasteiger partial charge in [-0.25, -0.2) is 12.8 Å². The van der Waals surface area contributed by atoms with Crippen LogP contribution < -0.4 is 5.32 Å². The summed E-state index contributed by atoms with van der Waals surface area (Å²) in [4.78, 5) is 23.0. The first-order chi connectivity index (χ1) is 13.7. The Morgan fingerprint density at radius 2 is 2.03 bits per heavy atom. The van der Waals surface area contributed by atoms with Gasteiger partial charge in [0.25, 0.3) is 15.7 Å². The van der Waals surface area contributed by atoms with Gasteiger partial charge in [0.2, 0.25) is 5.91 Å². The zero-order chi connectivity index (χ0) is 21.2. The van der Waals surface area contributed by atoms with Gasteiger partial charge in [-0.1, -0.05) is 11.2 Å². The Morgan fingerprint density at radius 3 is 2.62 bits per heavy atom. The van der Waals surface area contributed by atoms with Crippen molar-refractivity contribution < 1.29 is 27.0 Å². The van der Waals surface area contributed by atoms with Crippen molar-refractivity contribution in [3.63, 3.8) is 0 Å². The van der Waals surface area contributed by atoms with Gasteiger partial charge in [0.1, 0.15) is 11.6 Å².